The van der Waals surface area contributed by atoms with E-state index in [1.807, 2.05) is 0 Å². The lowest BCUT2D eigenvalue weighted by molar-refractivity contribution is -0.384. The summed E-state index contributed by atoms with van der Waals surface area (Å²) in [7, 11) is 0. The number of carbonyl (C=O) groups excluding carboxylic acids is 2. The van der Waals surface area contributed by atoms with Crippen molar-refractivity contribution in [2.45, 2.75) is 13.0 Å². The van der Waals surface area contributed by atoms with E-state index in [1.54, 1.807) is 6.92 Å². The van der Waals surface area contributed by atoms with Crippen LogP contribution in [0.4, 0.5) is 5.69 Å². The number of hydrogen-bond donors (Lipinski definition) is 3. The number of aromatic hydroxyl groups is 1. The highest BCUT2D eigenvalue weighted by atomic mass is 16.6. The van der Waals surface area contributed by atoms with Gasteiger partial charge < -0.3 is 29.7 Å². The van der Waals surface area contributed by atoms with Crippen LogP contribution < -0.4 is 4.74 Å². The van der Waals surface area contributed by atoms with Gasteiger partial charge in [-0.3, -0.25) is 19.7 Å². The minimum atomic E-state index is -1.03. The highest BCUT2D eigenvalue weighted by Gasteiger charge is 2.46. The van der Waals surface area contributed by atoms with Crippen LogP contribution in [0.25, 0.3) is 5.76 Å². The maximum absolute atomic E-state index is 13.0. The second kappa shape index (κ2) is 10.8. The van der Waals surface area contributed by atoms with E-state index >= 15 is 0 Å². The summed E-state index contributed by atoms with van der Waals surface area (Å²) in [6.07, 6.45) is 0. The van der Waals surface area contributed by atoms with Crippen molar-refractivity contribution in [1.82, 2.24) is 4.90 Å². The fourth-order valence-electron chi connectivity index (χ4n) is 3.66. The molecule has 1 aliphatic rings. The summed E-state index contributed by atoms with van der Waals surface area (Å²) >= 11 is 0. The highest BCUT2D eigenvalue weighted by molar-refractivity contribution is 6.46. The number of hydrogen-bond acceptors (Lipinski definition) is 9. The van der Waals surface area contributed by atoms with Crippen LogP contribution in [0.2, 0.25) is 0 Å². The zero-order chi connectivity index (χ0) is 24.8. The Morgan fingerprint density at radius 2 is 1.85 bits per heavy atom. The molecule has 1 fully saturated rings. The number of rotatable bonds is 10. The summed E-state index contributed by atoms with van der Waals surface area (Å²) < 4.78 is 10.7. The number of nitrogens with zero attached hydrogens (tertiary/aromatic N) is 2. The third-order valence-electron chi connectivity index (χ3n) is 5.20. The molecule has 11 heteroatoms. The molecule has 2 aromatic carbocycles. The second-order valence-electron chi connectivity index (χ2n) is 7.29. The van der Waals surface area contributed by atoms with Crippen molar-refractivity contribution < 1.29 is 39.3 Å². The van der Waals surface area contributed by atoms with Gasteiger partial charge in [-0.2, -0.15) is 0 Å². The van der Waals surface area contributed by atoms with Gasteiger partial charge in [0.2, 0.25) is 0 Å². The van der Waals surface area contributed by atoms with Crippen LogP contribution in [0, 0.1) is 10.1 Å². The van der Waals surface area contributed by atoms with Gasteiger partial charge in [0, 0.05) is 24.2 Å². The van der Waals surface area contributed by atoms with Crippen molar-refractivity contribution in [1.29, 1.82) is 0 Å². The molecule has 180 valence electrons. The summed E-state index contributed by atoms with van der Waals surface area (Å²) in [5.41, 5.74) is 0.101. The molecule has 1 saturated heterocycles. The number of non-ortho nitro benzene ring substituents is 1. The first-order valence-electron chi connectivity index (χ1n) is 10.5. The fourth-order valence-corrected chi connectivity index (χ4v) is 3.66. The number of aliphatic hydroxyl groups is 2. The molecule has 34 heavy (non-hydrogen) atoms. The van der Waals surface area contributed by atoms with Crippen molar-refractivity contribution in [2.75, 3.05) is 33.0 Å². The fraction of sp³-hybridized carbons (Fsp3) is 0.304. The zero-order valence-electron chi connectivity index (χ0n) is 18.3. The molecule has 1 unspecified atom stereocenters. The Bertz CT molecular complexity index is 1110. The van der Waals surface area contributed by atoms with E-state index in [0.29, 0.717) is 5.56 Å². The van der Waals surface area contributed by atoms with Gasteiger partial charge in [-0.1, -0.05) is 6.07 Å². The number of phenolic OH excluding ortho intramolecular Hbond substituents is 1. The van der Waals surface area contributed by atoms with Crippen molar-refractivity contribution in [3.63, 3.8) is 0 Å². The average Bonchev–Trinajstić information content (AvgIpc) is 3.08. The topological polar surface area (TPSA) is 160 Å². The van der Waals surface area contributed by atoms with Gasteiger partial charge in [-0.15, -0.1) is 0 Å². The van der Waals surface area contributed by atoms with Crippen LogP contribution >= 0.6 is 0 Å². The summed E-state index contributed by atoms with van der Waals surface area (Å²) in [6, 6.07) is 8.21. The van der Waals surface area contributed by atoms with Crippen molar-refractivity contribution in [2.24, 2.45) is 0 Å². The molecule has 1 amide bonds. The molecule has 1 atom stereocenters. The Kier molecular flexibility index (Phi) is 7.82. The van der Waals surface area contributed by atoms with E-state index in [2.05, 4.69) is 0 Å². The molecule has 0 bridgehead atoms. The SMILES string of the molecule is CCOc1cc(C2C(=C(O)c3ccc([N+](=O)[O-])cc3)C(=O)C(=O)N2CCOCCO)ccc1O. The quantitative estimate of drug-likeness (QED) is 0.118. The first-order chi connectivity index (χ1) is 16.3. The Morgan fingerprint density at radius 3 is 2.47 bits per heavy atom. The number of nitro benzene ring substituents is 1. The minimum Gasteiger partial charge on any atom is -0.507 e. The van der Waals surface area contributed by atoms with Gasteiger partial charge in [-0.05, 0) is 36.8 Å². The van der Waals surface area contributed by atoms with E-state index < -0.39 is 28.4 Å². The molecule has 3 rings (SSSR count). The molecule has 0 saturated carbocycles. The number of nitro groups is 1. The number of carbonyl (C=O) groups is 2. The van der Waals surface area contributed by atoms with Gasteiger partial charge in [0.1, 0.15) is 5.76 Å². The lowest BCUT2D eigenvalue weighted by atomic mass is 9.95. The Hall–Kier alpha value is -3.96. The van der Waals surface area contributed by atoms with Crippen LogP contribution in [0.1, 0.15) is 24.1 Å². The lowest BCUT2D eigenvalue weighted by Gasteiger charge is -2.25. The summed E-state index contributed by atoms with van der Waals surface area (Å²) in [5.74, 6) is -2.30. The van der Waals surface area contributed by atoms with Crippen molar-refractivity contribution >= 4 is 23.1 Å². The van der Waals surface area contributed by atoms with Gasteiger partial charge in [0.15, 0.2) is 11.5 Å². The average molecular weight is 472 g/mol. The molecule has 2 aromatic rings. The van der Waals surface area contributed by atoms with Crippen molar-refractivity contribution in [3.05, 3.63) is 69.3 Å². The smallest absolute Gasteiger partial charge is 0.295 e. The van der Waals surface area contributed by atoms with Crippen LogP contribution in [-0.4, -0.2) is 69.8 Å². The van der Waals surface area contributed by atoms with Gasteiger partial charge >= 0.3 is 0 Å². The summed E-state index contributed by atoms with van der Waals surface area (Å²) in [5, 5.41) is 40.9. The summed E-state index contributed by atoms with van der Waals surface area (Å²) in [4.78, 5) is 37.4. The van der Waals surface area contributed by atoms with E-state index in [0.717, 1.165) is 0 Å². The maximum atomic E-state index is 13.0. The van der Waals surface area contributed by atoms with E-state index in [1.165, 1.54) is 47.4 Å². The third kappa shape index (κ3) is 5.00. The number of ether oxygens (including phenoxy) is 2. The minimum absolute atomic E-state index is 0.0167. The molecular weight excluding hydrogens is 448 g/mol. The van der Waals surface area contributed by atoms with Crippen LogP contribution in [-0.2, 0) is 14.3 Å². The highest BCUT2D eigenvalue weighted by Crippen LogP contribution is 2.41. The van der Waals surface area contributed by atoms with Crippen molar-refractivity contribution in [3.8, 4) is 11.5 Å². The van der Waals surface area contributed by atoms with E-state index in [9.17, 15) is 29.9 Å². The Labute approximate surface area is 194 Å². The molecule has 0 radical (unpaired) electrons. The molecule has 3 N–H and O–H groups in total. The van der Waals surface area contributed by atoms with Crippen LogP contribution in [0.3, 0.4) is 0 Å². The number of ketones is 1. The Balaban J connectivity index is 2.11. The first-order valence-corrected chi connectivity index (χ1v) is 10.5. The van der Waals surface area contributed by atoms with E-state index in [4.69, 9.17) is 14.6 Å². The molecular formula is C23H24N2O9. The number of aliphatic hydroxyl groups excluding tert-OH is 2. The monoisotopic (exact) mass is 472 g/mol. The summed E-state index contributed by atoms with van der Waals surface area (Å²) in [6.45, 7) is 1.83. The predicted molar refractivity (Wildman–Crippen MR) is 119 cm³/mol. The maximum Gasteiger partial charge on any atom is 0.295 e. The number of amides is 1. The van der Waals surface area contributed by atoms with Gasteiger partial charge in [-0.25, -0.2) is 0 Å². The van der Waals surface area contributed by atoms with Crippen LogP contribution in [0.15, 0.2) is 48.0 Å². The van der Waals surface area contributed by atoms with E-state index in [-0.39, 0.29) is 61.3 Å². The molecule has 1 aliphatic heterocycles. The number of benzene rings is 2. The largest absolute Gasteiger partial charge is 0.507 e. The first kappa shape index (κ1) is 24.7. The number of Topliss-reactive ketones (excluding diaryl/α,β-unsaturated/α-hetero) is 1. The number of likely N-dealkylation sites (tertiary alicyclic amines) is 1. The zero-order valence-corrected chi connectivity index (χ0v) is 18.3. The standard InChI is InChI=1S/C23H24N2O9/c1-2-34-18-13-15(5-8-17(18)27)20-19(21(28)14-3-6-16(7-4-14)25(31)32)22(29)23(30)24(20)9-11-33-12-10-26/h3-8,13,20,26-28H,2,9-12H2,1H3. The van der Waals surface area contributed by atoms with Gasteiger partial charge in [0.25, 0.3) is 17.4 Å². The Morgan fingerprint density at radius 1 is 1.15 bits per heavy atom. The normalized spacial score (nSPS) is 17.2. The molecule has 1 heterocycles. The molecule has 11 nitrogen and oxygen atoms in total. The third-order valence-corrected chi connectivity index (χ3v) is 5.20. The molecule has 0 aromatic heterocycles. The van der Waals surface area contributed by atoms with Gasteiger partial charge in [0.05, 0.1) is 43.0 Å². The van der Waals surface area contributed by atoms with Crippen LogP contribution in [0.5, 0.6) is 11.5 Å². The number of phenols is 1. The molecule has 0 spiro atoms. The second-order valence-corrected chi connectivity index (χ2v) is 7.29. The lowest BCUT2D eigenvalue weighted by Crippen LogP contribution is -2.33. The predicted octanol–water partition coefficient (Wildman–Crippen LogP) is 2.13. The molecule has 0 aliphatic carbocycles.